The monoisotopic (exact) mass is 262 g/mol. The molecule has 0 radical (unpaired) electrons. The molecule has 2 saturated heterocycles. The summed E-state index contributed by atoms with van der Waals surface area (Å²) in [6.07, 6.45) is 12.1. The van der Waals surface area contributed by atoms with Crippen molar-refractivity contribution in [1.29, 1.82) is 0 Å². The normalized spacial score (nSPS) is 23.8. The fraction of sp³-hybridized carbons (Fsp3) is 0.800. The molecule has 4 heteroatoms. The maximum Gasteiger partial charge on any atom is 0.0519 e. The molecule has 4 nitrogen and oxygen atoms in total. The largest absolute Gasteiger partial charge is 0.303 e. The second-order valence-electron chi connectivity index (χ2n) is 6.03. The maximum atomic E-state index is 4.01. The minimum Gasteiger partial charge on any atom is -0.303 e. The molecule has 106 valence electrons. The van der Waals surface area contributed by atoms with Gasteiger partial charge in [-0.3, -0.25) is 5.10 Å². The second-order valence-corrected chi connectivity index (χ2v) is 6.03. The van der Waals surface area contributed by atoms with Crippen molar-refractivity contribution in [2.24, 2.45) is 0 Å². The molecule has 0 saturated carbocycles. The van der Waals surface area contributed by atoms with Gasteiger partial charge in [-0.2, -0.15) is 5.10 Å². The lowest BCUT2D eigenvalue weighted by Gasteiger charge is -2.40. The van der Waals surface area contributed by atoms with E-state index in [2.05, 4.69) is 20.0 Å². The van der Waals surface area contributed by atoms with Gasteiger partial charge in [0.15, 0.2) is 0 Å². The molecule has 0 aromatic carbocycles. The van der Waals surface area contributed by atoms with E-state index in [9.17, 15) is 0 Å². The van der Waals surface area contributed by atoms with Gasteiger partial charge >= 0.3 is 0 Å². The van der Waals surface area contributed by atoms with Crippen LogP contribution in [0, 0.1) is 0 Å². The molecule has 0 aliphatic carbocycles. The molecule has 3 rings (SSSR count). The van der Waals surface area contributed by atoms with Crippen molar-refractivity contribution in [3.63, 3.8) is 0 Å². The van der Waals surface area contributed by atoms with Gasteiger partial charge in [-0.1, -0.05) is 6.42 Å². The first-order valence-electron chi connectivity index (χ1n) is 7.86. The average Bonchev–Trinajstić information content (AvgIpc) is 3.00. The smallest absolute Gasteiger partial charge is 0.0519 e. The minimum atomic E-state index is 0.866. The van der Waals surface area contributed by atoms with E-state index in [1.165, 1.54) is 70.4 Å². The van der Waals surface area contributed by atoms with Crippen LogP contribution in [0.1, 0.15) is 37.7 Å². The van der Waals surface area contributed by atoms with Gasteiger partial charge in [0.25, 0.3) is 0 Å². The molecular weight excluding hydrogens is 236 g/mol. The Kier molecular flexibility index (Phi) is 4.51. The fourth-order valence-corrected chi connectivity index (χ4v) is 3.49. The van der Waals surface area contributed by atoms with Gasteiger partial charge in [0, 0.05) is 18.8 Å². The summed E-state index contributed by atoms with van der Waals surface area (Å²) in [5, 5.41) is 6.90. The van der Waals surface area contributed by atoms with Gasteiger partial charge in [-0.25, -0.2) is 0 Å². The van der Waals surface area contributed by atoms with Crippen molar-refractivity contribution in [3.8, 4) is 0 Å². The summed E-state index contributed by atoms with van der Waals surface area (Å²) in [6.45, 7) is 6.43. The van der Waals surface area contributed by atoms with E-state index in [-0.39, 0.29) is 0 Å². The van der Waals surface area contributed by atoms with Crippen LogP contribution < -0.4 is 0 Å². The highest BCUT2D eigenvalue weighted by Crippen LogP contribution is 2.20. The molecule has 2 fully saturated rings. The SMILES string of the molecule is c1n[nH]cc1CCN1CCC(N2CCCCC2)CC1. The summed E-state index contributed by atoms with van der Waals surface area (Å²) in [5.74, 6) is 0. The van der Waals surface area contributed by atoms with Crippen LogP contribution >= 0.6 is 0 Å². The van der Waals surface area contributed by atoms with Crippen LogP contribution in [-0.2, 0) is 6.42 Å². The molecule has 0 spiro atoms. The van der Waals surface area contributed by atoms with Gasteiger partial charge in [-0.05, 0) is 63.8 Å². The molecule has 0 bridgehead atoms. The van der Waals surface area contributed by atoms with Gasteiger partial charge in [0.1, 0.15) is 0 Å². The number of aromatic amines is 1. The number of H-pyrrole nitrogens is 1. The molecule has 1 aromatic rings. The Morgan fingerprint density at radius 1 is 1.11 bits per heavy atom. The van der Waals surface area contributed by atoms with Crippen LogP contribution in [0.15, 0.2) is 12.4 Å². The van der Waals surface area contributed by atoms with E-state index in [0.717, 1.165) is 12.5 Å². The first-order chi connectivity index (χ1) is 9.42. The Balaban J connectivity index is 1.39. The summed E-state index contributed by atoms with van der Waals surface area (Å²) in [5.41, 5.74) is 1.33. The number of nitrogens with zero attached hydrogens (tertiary/aromatic N) is 3. The average molecular weight is 262 g/mol. The first-order valence-corrected chi connectivity index (χ1v) is 7.86. The van der Waals surface area contributed by atoms with Crippen LogP contribution in [-0.4, -0.2) is 58.8 Å². The van der Waals surface area contributed by atoms with E-state index in [0.29, 0.717) is 0 Å². The summed E-state index contributed by atoms with van der Waals surface area (Å²) in [7, 11) is 0. The zero-order valence-corrected chi connectivity index (χ0v) is 11.9. The molecule has 1 aromatic heterocycles. The standard InChI is InChI=1S/C15H26N4/c1-2-7-19(8-3-1)15-5-10-18(11-6-15)9-4-14-12-16-17-13-14/h12-13,15H,1-11H2,(H,16,17). The van der Waals surface area contributed by atoms with Crippen LogP contribution in [0.4, 0.5) is 0 Å². The highest BCUT2D eigenvalue weighted by atomic mass is 15.2. The molecule has 1 N–H and O–H groups in total. The summed E-state index contributed by atoms with van der Waals surface area (Å²) < 4.78 is 0. The quantitative estimate of drug-likeness (QED) is 0.900. The van der Waals surface area contributed by atoms with Crippen molar-refractivity contribution in [1.82, 2.24) is 20.0 Å². The number of rotatable bonds is 4. The predicted octanol–water partition coefficient (Wildman–Crippen LogP) is 1.90. The number of nitrogens with one attached hydrogen (secondary N) is 1. The minimum absolute atomic E-state index is 0.866. The van der Waals surface area contributed by atoms with Crippen LogP contribution in [0.2, 0.25) is 0 Å². The molecule has 0 amide bonds. The molecule has 2 aliphatic heterocycles. The Hall–Kier alpha value is -0.870. The van der Waals surface area contributed by atoms with Gasteiger partial charge < -0.3 is 9.80 Å². The first kappa shape index (κ1) is 13.1. The van der Waals surface area contributed by atoms with Crippen molar-refractivity contribution < 1.29 is 0 Å². The maximum absolute atomic E-state index is 4.01. The third kappa shape index (κ3) is 3.57. The number of aromatic nitrogens is 2. The molecule has 3 heterocycles. The number of likely N-dealkylation sites (tertiary alicyclic amines) is 2. The third-order valence-electron chi connectivity index (χ3n) is 4.74. The summed E-state index contributed by atoms with van der Waals surface area (Å²) >= 11 is 0. The Morgan fingerprint density at radius 3 is 2.58 bits per heavy atom. The van der Waals surface area contributed by atoms with E-state index in [4.69, 9.17) is 0 Å². The number of hydrogen-bond acceptors (Lipinski definition) is 3. The van der Waals surface area contributed by atoms with Crippen LogP contribution in [0.5, 0.6) is 0 Å². The van der Waals surface area contributed by atoms with E-state index >= 15 is 0 Å². The van der Waals surface area contributed by atoms with E-state index in [1.807, 2.05) is 12.4 Å². The van der Waals surface area contributed by atoms with Gasteiger partial charge in [0.2, 0.25) is 0 Å². The van der Waals surface area contributed by atoms with Gasteiger partial charge in [0.05, 0.1) is 6.20 Å². The van der Waals surface area contributed by atoms with E-state index < -0.39 is 0 Å². The highest BCUT2D eigenvalue weighted by molar-refractivity contribution is 5.02. The fourth-order valence-electron chi connectivity index (χ4n) is 3.49. The zero-order valence-electron chi connectivity index (χ0n) is 11.9. The molecular formula is C15H26N4. The molecule has 2 aliphatic rings. The number of hydrogen-bond donors (Lipinski definition) is 1. The number of piperidine rings is 2. The Labute approximate surface area is 116 Å². The van der Waals surface area contributed by atoms with Crippen LogP contribution in [0.25, 0.3) is 0 Å². The topological polar surface area (TPSA) is 35.2 Å². The second kappa shape index (κ2) is 6.53. The molecule has 19 heavy (non-hydrogen) atoms. The van der Waals surface area contributed by atoms with Crippen molar-refractivity contribution in [3.05, 3.63) is 18.0 Å². The predicted molar refractivity (Wildman–Crippen MR) is 77.2 cm³/mol. The van der Waals surface area contributed by atoms with Crippen LogP contribution in [0.3, 0.4) is 0 Å². The molecule has 0 atom stereocenters. The van der Waals surface area contributed by atoms with Crippen molar-refractivity contribution in [2.45, 2.75) is 44.6 Å². The lowest BCUT2D eigenvalue weighted by Crippen LogP contribution is -2.47. The summed E-state index contributed by atoms with van der Waals surface area (Å²) in [6, 6.07) is 0.866. The zero-order chi connectivity index (χ0) is 12.9. The highest BCUT2D eigenvalue weighted by Gasteiger charge is 2.25. The lowest BCUT2D eigenvalue weighted by molar-refractivity contribution is 0.0931. The Morgan fingerprint density at radius 2 is 1.89 bits per heavy atom. The lowest BCUT2D eigenvalue weighted by atomic mass is 9.99. The third-order valence-corrected chi connectivity index (χ3v) is 4.74. The van der Waals surface area contributed by atoms with Gasteiger partial charge in [-0.15, -0.1) is 0 Å². The Bertz CT molecular complexity index is 348. The summed E-state index contributed by atoms with van der Waals surface area (Å²) in [4.78, 5) is 5.37. The van der Waals surface area contributed by atoms with Crippen molar-refractivity contribution >= 4 is 0 Å². The van der Waals surface area contributed by atoms with E-state index in [1.54, 1.807) is 0 Å². The molecule has 0 unspecified atom stereocenters. The van der Waals surface area contributed by atoms with Crippen molar-refractivity contribution in [2.75, 3.05) is 32.7 Å².